The maximum Gasteiger partial charge on any atom is 0.269 e. The molecule has 0 aromatic heterocycles. The van der Waals surface area contributed by atoms with E-state index in [0.29, 0.717) is 36.8 Å². The quantitative estimate of drug-likeness (QED) is 0.611. The van der Waals surface area contributed by atoms with E-state index in [1.807, 2.05) is 12.1 Å². The summed E-state index contributed by atoms with van der Waals surface area (Å²) in [5.41, 5.74) is 1.43. The molecule has 1 aromatic carbocycles. The Balaban J connectivity index is 1.26. The Morgan fingerprint density at radius 1 is 1.28 bits per heavy atom. The average Bonchev–Trinajstić information content (AvgIpc) is 3.37. The minimum Gasteiger partial charge on any atom is -0.326 e. The highest BCUT2D eigenvalue weighted by atomic mass is 16.6. The van der Waals surface area contributed by atoms with Crippen molar-refractivity contribution in [3.05, 3.63) is 39.9 Å². The Morgan fingerprint density at radius 2 is 1.97 bits per heavy atom. The molecule has 1 amide bonds. The lowest BCUT2D eigenvalue weighted by molar-refractivity contribution is -0.384. The first-order chi connectivity index (χ1) is 14.0. The van der Waals surface area contributed by atoms with Crippen molar-refractivity contribution in [2.75, 3.05) is 13.1 Å². The number of benzene rings is 1. The highest BCUT2D eigenvalue weighted by Crippen LogP contribution is 2.65. The lowest BCUT2D eigenvalue weighted by atomic mass is 9.68. The third-order valence-corrected chi connectivity index (χ3v) is 8.03. The van der Waals surface area contributed by atoms with Crippen LogP contribution in [0.4, 0.5) is 5.69 Å². The van der Waals surface area contributed by atoms with E-state index in [9.17, 15) is 20.2 Å². The first-order valence-electron chi connectivity index (χ1n) is 10.7. The van der Waals surface area contributed by atoms with Gasteiger partial charge in [-0.25, -0.2) is 0 Å². The zero-order chi connectivity index (χ0) is 20.2. The van der Waals surface area contributed by atoms with Crippen LogP contribution in [0.25, 0.3) is 0 Å². The first-order valence-corrected chi connectivity index (χ1v) is 10.7. The Bertz CT molecular complexity index is 861. The number of carbonyl (C=O) groups is 1. The average molecular weight is 394 g/mol. The van der Waals surface area contributed by atoms with Crippen LogP contribution in [0.3, 0.4) is 0 Å². The van der Waals surface area contributed by atoms with Crippen LogP contribution < -0.4 is 5.32 Å². The van der Waals surface area contributed by atoms with Gasteiger partial charge in [-0.3, -0.25) is 14.9 Å². The third kappa shape index (κ3) is 2.93. The number of nitrogens with one attached hydrogen (secondary N) is 1. The van der Waals surface area contributed by atoms with E-state index in [1.54, 1.807) is 17.0 Å². The molecule has 4 bridgehead atoms. The number of amides is 1. The Morgan fingerprint density at radius 3 is 2.59 bits per heavy atom. The van der Waals surface area contributed by atoms with Gasteiger partial charge in [-0.2, -0.15) is 5.26 Å². The molecular weight excluding hydrogens is 368 g/mol. The van der Waals surface area contributed by atoms with Gasteiger partial charge < -0.3 is 10.2 Å². The molecule has 2 unspecified atom stereocenters. The molecule has 1 heterocycles. The lowest BCUT2D eigenvalue weighted by Gasteiger charge is -2.39. The molecule has 3 atom stereocenters. The summed E-state index contributed by atoms with van der Waals surface area (Å²) in [6, 6.07) is 9.12. The van der Waals surface area contributed by atoms with Crippen molar-refractivity contribution in [1.82, 2.24) is 10.2 Å². The van der Waals surface area contributed by atoms with Crippen LogP contribution in [0.5, 0.6) is 0 Å². The highest BCUT2D eigenvalue weighted by molar-refractivity contribution is 5.79. The predicted molar refractivity (Wildman–Crippen MR) is 106 cm³/mol. The van der Waals surface area contributed by atoms with Gasteiger partial charge in [0.25, 0.3) is 5.69 Å². The minimum absolute atomic E-state index is 0.0570. The number of nitro groups is 1. The van der Waals surface area contributed by atoms with E-state index in [0.717, 1.165) is 25.7 Å². The zero-order valence-electron chi connectivity index (χ0n) is 16.4. The summed E-state index contributed by atoms with van der Waals surface area (Å²) in [7, 11) is 0. The minimum atomic E-state index is -0.344. The number of likely N-dealkylation sites (tertiary alicyclic amines) is 1. The second kappa shape index (κ2) is 6.81. The molecule has 7 heteroatoms. The molecule has 5 fully saturated rings. The molecule has 5 aliphatic rings. The highest BCUT2D eigenvalue weighted by Gasteiger charge is 2.61. The van der Waals surface area contributed by atoms with E-state index in [4.69, 9.17) is 0 Å². The van der Waals surface area contributed by atoms with Crippen LogP contribution in [0, 0.1) is 39.2 Å². The fourth-order valence-electron chi connectivity index (χ4n) is 6.93. The number of nitro benzene ring substituents is 1. The number of hydrogen-bond acceptors (Lipinski definition) is 5. The number of nitriles is 1. The van der Waals surface area contributed by atoms with Gasteiger partial charge in [-0.05, 0) is 67.8 Å². The maximum absolute atomic E-state index is 12.7. The topological polar surface area (TPSA) is 99.3 Å². The first kappa shape index (κ1) is 18.6. The molecular formula is C22H26N4O3. The SMILES string of the molecule is N#C[C@@H]1CCCN1C(=O)CNC12CC3CC1CC(C2)C3c1ccc([N+](=O)[O-])cc1. The molecule has 1 aliphatic heterocycles. The van der Waals surface area contributed by atoms with E-state index >= 15 is 0 Å². The molecule has 4 saturated carbocycles. The molecule has 7 nitrogen and oxygen atoms in total. The van der Waals surface area contributed by atoms with Crippen LogP contribution in [-0.4, -0.2) is 40.4 Å². The fourth-order valence-corrected chi connectivity index (χ4v) is 6.93. The lowest BCUT2D eigenvalue weighted by Crippen LogP contribution is -2.51. The number of carbonyl (C=O) groups excluding carboxylic acids is 1. The largest absolute Gasteiger partial charge is 0.326 e. The Kier molecular flexibility index (Phi) is 4.36. The second-order valence-electron chi connectivity index (χ2n) is 9.36. The second-order valence-corrected chi connectivity index (χ2v) is 9.36. The van der Waals surface area contributed by atoms with Gasteiger partial charge in [0.05, 0.1) is 17.5 Å². The fraction of sp³-hybridized carbons (Fsp3) is 0.636. The molecule has 6 rings (SSSR count). The molecule has 4 aliphatic carbocycles. The van der Waals surface area contributed by atoms with Crippen LogP contribution in [0.1, 0.15) is 50.0 Å². The van der Waals surface area contributed by atoms with E-state index in [1.165, 1.54) is 18.4 Å². The van der Waals surface area contributed by atoms with Crippen LogP contribution >= 0.6 is 0 Å². The molecule has 1 aromatic rings. The summed E-state index contributed by atoms with van der Waals surface area (Å²) in [6.07, 6.45) is 6.19. The Labute approximate surface area is 170 Å². The van der Waals surface area contributed by atoms with Crippen LogP contribution in [-0.2, 0) is 4.79 Å². The Hall–Kier alpha value is -2.46. The van der Waals surface area contributed by atoms with Crippen molar-refractivity contribution in [3.63, 3.8) is 0 Å². The van der Waals surface area contributed by atoms with Gasteiger partial charge >= 0.3 is 0 Å². The van der Waals surface area contributed by atoms with Gasteiger partial charge in [0.1, 0.15) is 6.04 Å². The van der Waals surface area contributed by atoms with Gasteiger partial charge in [0, 0.05) is 24.2 Å². The van der Waals surface area contributed by atoms with Crippen molar-refractivity contribution >= 4 is 11.6 Å². The van der Waals surface area contributed by atoms with Crippen molar-refractivity contribution < 1.29 is 9.72 Å². The van der Waals surface area contributed by atoms with E-state index in [-0.39, 0.29) is 28.1 Å². The normalized spacial score (nSPS) is 37.1. The molecule has 29 heavy (non-hydrogen) atoms. The summed E-state index contributed by atoms with van der Waals surface area (Å²) >= 11 is 0. The number of rotatable bonds is 5. The summed E-state index contributed by atoms with van der Waals surface area (Å²) < 4.78 is 0. The summed E-state index contributed by atoms with van der Waals surface area (Å²) in [6.45, 7) is 1.03. The number of hydrogen-bond donors (Lipinski definition) is 1. The summed E-state index contributed by atoms with van der Waals surface area (Å²) in [4.78, 5) is 25.0. The van der Waals surface area contributed by atoms with Crippen molar-refractivity contribution in [3.8, 4) is 6.07 Å². The van der Waals surface area contributed by atoms with Crippen LogP contribution in [0.15, 0.2) is 24.3 Å². The molecule has 1 N–H and O–H groups in total. The molecule has 0 spiro atoms. The third-order valence-electron chi connectivity index (χ3n) is 8.03. The number of nitrogens with zero attached hydrogens (tertiary/aromatic N) is 3. The maximum atomic E-state index is 12.7. The summed E-state index contributed by atoms with van der Waals surface area (Å²) in [5.74, 6) is 2.30. The van der Waals surface area contributed by atoms with Crippen molar-refractivity contribution in [2.24, 2.45) is 17.8 Å². The van der Waals surface area contributed by atoms with Crippen molar-refractivity contribution in [2.45, 2.75) is 56.0 Å². The van der Waals surface area contributed by atoms with Gasteiger partial charge in [-0.1, -0.05) is 12.1 Å². The monoisotopic (exact) mass is 394 g/mol. The van der Waals surface area contributed by atoms with Gasteiger partial charge in [-0.15, -0.1) is 0 Å². The molecule has 1 saturated heterocycles. The smallest absolute Gasteiger partial charge is 0.269 e. The summed E-state index contributed by atoms with van der Waals surface area (Å²) in [5, 5.41) is 23.8. The van der Waals surface area contributed by atoms with E-state index < -0.39 is 0 Å². The van der Waals surface area contributed by atoms with Crippen LogP contribution in [0.2, 0.25) is 0 Å². The van der Waals surface area contributed by atoms with Gasteiger partial charge in [0.15, 0.2) is 0 Å². The standard InChI is InChI=1S/C22H26N4O3/c23-12-19-2-1-7-25(19)20(27)13-24-22-10-15-8-17(22)9-16(11-22)21(15)14-3-5-18(6-4-14)26(28)29/h3-6,15-17,19,21,24H,1-2,7-11,13H2/t15?,16?,17?,19-,21?,22?/m0/s1. The predicted octanol–water partition coefficient (Wildman–Crippen LogP) is 2.97. The van der Waals surface area contributed by atoms with Crippen molar-refractivity contribution in [1.29, 1.82) is 5.26 Å². The molecule has 0 radical (unpaired) electrons. The molecule has 152 valence electrons. The van der Waals surface area contributed by atoms with E-state index in [2.05, 4.69) is 11.4 Å². The number of non-ortho nitro benzene ring substituents is 1. The van der Waals surface area contributed by atoms with Gasteiger partial charge in [0.2, 0.25) is 5.91 Å². The zero-order valence-corrected chi connectivity index (χ0v) is 16.4.